The van der Waals surface area contributed by atoms with Gasteiger partial charge in [-0.1, -0.05) is 12.1 Å². The molecule has 1 saturated heterocycles. The lowest BCUT2D eigenvalue weighted by atomic mass is 9.94. The molecule has 2 amide bonds. The zero-order valence-corrected chi connectivity index (χ0v) is 11.2. The summed E-state index contributed by atoms with van der Waals surface area (Å²) in [7, 11) is 0. The lowest BCUT2D eigenvalue weighted by Crippen LogP contribution is -2.30. The van der Waals surface area contributed by atoms with Crippen LogP contribution in [0.4, 0.5) is 4.79 Å². The summed E-state index contributed by atoms with van der Waals surface area (Å²) in [5.41, 5.74) is 4.97. The van der Waals surface area contributed by atoms with E-state index in [4.69, 9.17) is 5.11 Å². The van der Waals surface area contributed by atoms with Crippen LogP contribution in [0.3, 0.4) is 0 Å². The monoisotopic (exact) mass is 248 g/mol. The third-order valence-electron chi connectivity index (χ3n) is 3.83. The van der Waals surface area contributed by atoms with Crippen LogP contribution in [0.25, 0.3) is 0 Å². The number of amides is 2. The van der Waals surface area contributed by atoms with Crippen molar-refractivity contribution >= 4 is 6.03 Å². The zero-order chi connectivity index (χ0) is 13.3. The van der Waals surface area contributed by atoms with E-state index in [1.807, 2.05) is 0 Å². The van der Waals surface area contributed by atoms with Gasteiger partial charge in [-0.2, -0.15) is 0 Å². The van der Waals surface area contributed by atoms with Gasteiger partial charge in [-0.05, 0) is 43.0 Å². The van der Waals surface area contributed by atoms with Gasteiger partial charge in [-0.3, -0.25) is 0 Å². The predicted octanol–water partition coefficient (Wildman–Crippen LogP) is 1.67. The molecular weight excluding hydrogens is 228 g/mol. The maximum absolute atomic E-state index is 11.7. The fourth-order valence-corrected chi connectivity index (χ4v) is 2.43. The van der Waals surface area contributed by atoms with Gasteiger partial charge in [0.2, 0.25) is 0 Å². The Labute approximate surface area is 108 Å². The number of nitrogens with one attached hydrogen (secondary N) is 1. The molecule has 1 aromatic carbocycles. The van der Waals surface area contributed by atoms with Gasteiger partial charge in [0.05, 0.1) is 12.6 Å². The van der Waals surface area contributed by atoms with Crippen molar-refractivity contribution in [1.82, 2.24) is 10.2 Å². The van der Waals surface area contributed by atoms with E-state index < -0.39 is 0 Å². The Morgan fingerprint density at radius 3 is 2.72 bits per heavy atom. The van der Waals surface area contributed by atoms with Crippen LogP contribution >= 0.6 is 0 Å². The highest BCUT2D eigenvalue weighted by Crippen LogP contribution is 2.26. The van der Waals surface area contributed by atoms with Crippen LogP contribution in [0.5, 0.6) is 0 Å². The molecule has 2 N–H and O–H groups in total. The van der Waals surface area contributed by atoms with Crippen molar-refractivity contribution in [2.75, 3.05) is 19.7 Å². The first-order chi connectivity index (χ1) is 8.54. The number of benzene rings is 1. The standard InChI is InChI=1S/C14H20N2O2/c1-9-4-5-12(11(3)10(9)2)13-8-16(6-7-17)14(18)15-13/h4-5,13,17H,6-8H2,1-3H3,(H,15,18). The van der Waals surface area contributed by atoms with E-state index in [1.165, 1.54) is 22.3 Å². The van der Waals surface area contributed by atoms with Gasteiger partial charge in [0.25, 0.3) is 0 Å². The molecule has 2 rings (SSSR count). The second-order valence-corrected chi connectivity index (χ2v) is 4.89. The average molecular weight is 248 g/mol. The predicted molar refractivity (Wildman–Crippen MR) is 70.6 cm³/mol. The summed E-state index contributed by atoms with van der Waals surface area (Å²) < 4.78 is 0. The smallest absolute Gasteiger partial charge is 0.318 e. The molecule has 1 aliphatic heterocycles. The molecule has 0 saturated carbocycles. The molecule has 1 atom stereocenters. The van der Waals surface area contributed by atoms with Gasteiger partial charge in [0.1, 0.15) is 0 Å². The van der Waals surface area contributed by atoms with Crippen LogP contribution in [-0.4, -0.2) is 35.7 Å². The number of rotatable bonds is 3. The molecular formula is C14H20N2O2. The quantitative estimate of drug-likeness (QED) is 0.855. The van der Waals surface area contributed by atoms with Gasteiger partial charge in [0, 0.05) is 13.1 Å². The molecule has 1 aliphatic rings. The van der Waals surface area contributed by atoms with Crippen molar-refractivity contribution in [3.8, 4) is 0 Å². The Morgan fingerprint density at radius 2 is 2.06 bits per heavy atom. The van der Waals surface area contributed by atoms with E-state index in [1.54, 1.807) is 4.90 Å². The molecule has 1 heterocycles. The first-order valence-corrected chi connectivity index (χ1v) is 6.27. The van der Waals surface area contributed by atoms with Crippen LogP contribution in [0.2, 0.25) is 0 Å². The molecule has 98 valence electrons. The number of β-amino-alcohol motifs (C(OH)–C–C–N with tert-alkyl or cyclic N) is 1. The molecule has 0 bridgehead atoms. The molecule has 0 aliphatic carbocycles. The summed E-state index contributed by atoms with van der Waals surface area (Å²) in [6, 6.07) is 4.12. The Kier molecular flexibility index (Phi) is 3.57. The van der Waals surface area contributed by atoms with Gasteiger partial charge in [-0.25, -0.2) is 4.79 Å². The topological polar surface area (TPSA) is 52.6 Å². The highest BCUT2D eigenvalue weighted by Gasteiger charge is 2.30. The number of urea groups is 1. The zero-order valence-electron chi connectivity index (χ0n) is 11.2. The third-order valence-corrected chi connectivity index (χ3v) is 3.83. The average Bonchev–Trinajstić information content (AvgIpc) is 2.68. The minimum atomic E-state index is -0.0910. The number of aliphatic hydroxyl groups is 1. The van der Waals surface area contributed by atoms with Crippen LogP contribution in [-0.2, 0) is 0 Å². The Morgan fingerprint density at radius 1 is 1.33 bits per heavy atom. The van der Waals surface area contributed by atoms with Crippen molar-refractivity contribution in [2.24, 2.45) is 0 Å². The normalized spacial score (nSPS) is 19.2. The Hall–Kier alpha value is -1.55. The molecule has 1 fully saturated rings. The Bertz CT molecular complexity index is 471. The third kappa shape index (κ3) is 2.20. The van der Waals surface area contributed by atoms with Crippen LogP contribution < -0.4 is 5.32 Å². The van der Waals surface area contributed by atoms with E-state index in [-0.39, 0.29) is 18.7 Å². The second-order valence-electron chi connectivity index (χ2n) is 4.89. The summed E-state index contributed by atoms with van der Waals surface area (Å²) in [5.74, 6) is 0. The highest BCUT2D eigenvalue weighted by molar-refractivity contribution is 5.77. The first-order valence-electron chi connectivity index (χ1n) is 6.27. The van der Waals surface area contributed by atoms with Gasteiger partial charge in [0.15, 0.2) is 0 Å². The van der Waals surface area contributed by atoms with E-state index in [9.17, 15) is 4.79 Å². The summed E-state index contributed by atoms with van der Waals surface area (Å²) >= 11 is 0. The summed E-state index contributed by atoms with van der Waals surface area (Å²) in [5, 5.41) is 11.9. The fourth-order valence-electron chi connectivity index (χ4n) is 2.43. The summed E-state index contributed by atoms with van der Waals surface area (Å²) in [6.07, 6.45) is 0. The van der Waals surface area contributed by atoms with Crippen LogP contribution in [0.1, 0.15) is 28.3 Å². The van der Waals surface area contributed by atoms with Crippen molar-refractivity contribution < 1.29 is 9.90 Å². The van der Waals surface area contributed by atoms with Crippen molar-refractivity contribution in [1.29, 1.82) is 0 Å². The SMILES string of the molecule is Cc1ccc(C2CN(CCO)C(=O)N2)c(C)c1C. The number of aryl methyl sites for hydroxylation is 1. The number of hydrogen-bond acceptors (Lipinski definition) is 2. The molecule has 0 spiro atoms. The molecule has 18 heavy (non-hydrogen) atoms. The number of nitrogens with zero attached hydrogens (tertiary/aromatic N) is 1. The van der Waals surface area contributed by atoms with E-state index in [0.717, 1.165) is 0 Å². The fraction of sp³-hybridized carbons (Fsp3) is 0.500. The first kappa shape index (κ1) is 12.9. The molecule has 0 radical (unpaired) electrons. The van der Waals surface area contributed by atoms with E-state index in [0.29, 0.717) is 13.1 Å². The molecule has 4 heteroatoms. The van der Waals surface area contributed by atoms with E-state index >= 15 is 0 Å². The number of hydrogen-bond donors (Lipinski definition) is 2. The molecule has 1 aromatic rings. The van der Waals surface area contributed by atoms with Gasteiger partial charge in [-0.15, -0.1) is 0 Å². The molecule has 0 aromatic heterocycles. The number of carbonyl (C=O) groups excluding carboxylic acids is 1. The summed E-state index contributed by atoms with van der Waals surface area (Å²) in [4.78, 5) is 13.4. The van der Waals surface area contributed by atoms with Crippen molar-refractivity contribution in [3.63, 3.8) is 0 Å². The number of carbonyl (C=O) groups is 1. The lowest BCUT2D eigenvalue weighted by Gasteiger charge is -2.17. The maximum atomic E-state index is 11.7. The largest absolute Gasteiger partial charge is 0.395 e. The minimum absolute atomic E-state index is 0.00600. The van der Waals surface area contributed by atoms with Gasteiger partial charge >= 0.3 is 6.03 Å². The minimum Gasteiger partial charge on any atom is -0.395 e. The summed E-state index contributed by atoms with van der Waals surface area (Å²) in [6.45, 7) is 7.33. The van der Waals surface area contributed by atoms with E-state index in [2.05, 4.69) is 38.2 Å². The van der Waals surface area contributed by atoms with Crippen LogP contribution in [0, 0.1) is 20.8 Å². The van der Waals surface area contributed by atoms with Crippen LogP contribution in [0.15, 0.2) is 12.1 Å². The van der Waals surface area contributed by atoms with Gasteiger partial charge < -0.3 is 15.3 Å². The van der Waals surface area contributed by atoms with Crippen molar-refractivity contribution in [3.05, 3.63) is 34.4 Å². The van der Waals surface area contributed by atoms with Crippen molar-refractivity contribution in [2.45, 2.75) is 26.8 Å². The highest BCUT2D eigenvalue weighted by atomic mass is 16.3. The lowest BCUT2D eigenvalue weighted by molar-refractivity contribution is 0.196. The number of aliphatic hydroxyl groups excluding tert-OH is 1. The molecule has 4 nitrogen and oxygen atoms in total. The molecule has 1 unspecified atom stereocenters. The Balaban J connectivity index is 2.24. The maximum Gasteiger partial charge on any atom is 0.318 e. The second kappa shape index (κ2) is 4.98.